The maximum Gasteiger partial charge on any atom is 0.260 e. The van der Waals surface area contributed by atoms with Crippen molar-refractivity contribution < 1.29 is 9.84 Å². The van der Waals surface area contributed by atoms with Crippen molar-refractivity contribution in [3.05, 3.63) is 136 Å². The van der Waals surface area contributed by atoms with Crippen LogP contribution < -0.4 is 16.0 Å². The van der Waals surface area contributed by atoms with E-state index in [4.69, 9.17) is 32.2 Å². The van der Waals surface area contributed by atoms with Crippen LogP contribution in [0.15, 0.2) is 108 Å². The molecule has 230 valence electrons. The fourth-order valence-electron chi connectivity index (χ4n) is 5.47. The van der Waals surface area contributed by atoms with E-state index >= 15 is 0 Å². The fourth-order valence-corrected chi connectivity index (χ4v) is 5.67. The van der Waals surface area contributed by atoms with Crippen molar-refractivity contribution >= 4 is 39.4 Å². The number of para-hydroxylation sites is 1. The van der Waals surface area contributed by atoms with Gasteiger partial charge in [0.2, 0.25) is 0 Å². The Kier molecular flexibility index (Phi) is 7.96. The standard InChI is InChI=1S/C36H26ClN7O3/c37-25-10-4-8-24(19-25)28(20-44-35-31(33(38)39-21-40-35)32(43-44)23-14-16-26(45)17-15-23)34-41-29-13-5-7-22(30(29)36(46)42-34)9-6-18-47-27-11-2-1-3-12-27/h1-5,7-8,10-17,19,21,28,45H,18,20H2,(H2,38,39,40)(H,41,42,46). The molecule has 0 amide bonds. The number of rotatable bonds is 7. The highest BCUT2D eigenvalue weighted by Crippen LogP contribution is 2.33. The van der Waals surface area contributed by atoms with E-state index in [2.05, 4.69) is 26.8 Å². The average molecular weight is 640 g/mol. The van der Waals surface area contributed by atoms with Gasteiger partial charge in [0.25, 0.3) is 5.56 Å². The molecule has 1 atom stereocenters. The average Bonchev–Trinajstić information content (AvgIpc) is 3.45. The molecule has 3 heterocycles. The number of nitrogens with one attached hydrogen (secondary N) is 1. The van der Waals surface area contributed by atoms with E-state index < -0.39 is 5.92 Å². The lowest BCUT2D eigenvalue weighted by molar-refractivity contribution is 0.370. The summed E-state index contributed by atoms with van der Waals surface area (Å²) in [6.45, 7) is 0.398. The molecule has 0 saturated heterocycles. The Balaban J connectivity index is 1.30. The summed E-state index contributed by atoms with van der Waals surface area (Å²) < 4.78 is 7.41. The Morgan fingerprint density at radius 1 is 0.957 bits per heavy atom. The molecule has 10 nitrogen and oxygen atoms in total. The molecular weight excluding hydrogens is 614 g/mol. The zero-order chi connectivity index (χ0) is 32.3. The Bertz CT molecular complexity index is 2360. The van der Waals surface area contributed by atoms with E-state index in [1.54, 1.807) is 47.1 Å². The first-order valence-electron chi connectivity index (χ1n) is 14.7. The van der Waals surface area contributed by atoms with E-state index in [9.17, 15) is 9.90 Å². The van der Waals surface area contributed by atoms with Gasteiger partial charge in [-0.3, -0.25) is 4.79 Å². The number of aromatic nitrogens is 6. The van der Waals surface area contributed by atoms with Crippen LogP contribution in [0.2, 0.25) is 5.02 Å². The molecule has 0 fully saturated rings. The number of nitrogen functional groups attached to an aromatic ring is 1. The van der Waals surface area contributed by atoms with Crippen molar-refractivity contribution in [1.82, 2.24) is 29.7 Å². The normalized spacial score (nSPS) is 11.7. The lowest BCUT2D eigenvalue weighted by Gasteiger charge is -2.18. The zero-order valence-corrected chi connectivity index (χ0v) is 25.5. The zero-order valence-electron chi connectivity index (χ0n) is 24.8. The SMILES string of the molecule is Nc1ncnc2c1c(-c1ccc(O)cc1)nn2CC(c1cccc(Cl)c1)c1nc2cccc(C#CCOc3ccccc3)c2c(=O)[nH]1. The van der Waals surface area contributed by atoms with Crippen molar-refractivity contribution in [2.45, 2.75) is 12.5 Å². The predicted octanol–water partition coefficient (Wildman–Crippen LogP) is 5.93. The second kappa shape index (κ2) is 12.7. The number of aromatic hydroxyl groups is 1. The first-order chi connectivity index (χ1) is 22.9. The van der Waals surface area contributed by atoms with E-state index in [0.29, 0.717) is 49.8 Å². The number of H-pyrrole nitrogens is 1. The van der Waals surface area contributed by atoms with Gasteiger partial charge in [-0.2, -0.15) is 5.10 Å². The van der Waals surface area contributed by atoms with Crippen LogP contribution >= 0.6 is 11.6 Å². The van der Waals surface area contributed by atoms with E-state index in [1.807, 2.05) is 54.6 Å². The molecule has 0 spiro atoms. The van der Waals surface area contributed by atoms with Crippen molar-refractivity contribution in [3.8, 4) is 34.6 Å². The summed E-state index contributed by atoms with van der Waals surface area (Å²) in [5, 5.41) is 16.2. The summed E-state index contributed by atoms with van der Waals surface area (Å²) in [7, 11) is 0. The van der Waals surface area contributed by atoms with Gasteiger partial charge in [0.05, 0.1) is 28.8 Å². The van der Waals surface area contributed by atoms with Gasteiger partial charge in [-0.1, -0.05) is 59.8 Å². The number of fused-ring (bicyclic) bond motifs is 2. The third kappa shape index (κ3) is 6.08. The topological polar surface area (TPSA) is 145 Å². The van der Waals surface area contributed by atoms with Gasteiger partial charge in [0, 0.05) is 16.1 Å². The van der Waals surface area contributed by atoms with Gasteiger partial charge >= 0.3 is 0 Å². The number of nitrogens with two attached hydrogens (primary N) is 1. The molecule has 7 aromatic rings. The lowest BCUT2D eigenvalue weighted by atomic mass is 9.97. The maximum atomic E-state index is 13.7. The number of halogens is 1. The van der Waals surface area contributed by atoms with Crippen molar-refractivity contribution in [2.75, 3.05) is 12.3 Å². The van der Waals surface area contributed by atoms with Crippen LogP contribution in [-0.4, -0.2) is 41.4 Å². The van der Waals surface area contributed by atoms with E-state index in [-0.39, 0.29) is 30.3 Å². The van der Waals surface area contributed by atoms with Crippen LogP contribution in [0.1, 0.15) is 22.9 Å². The second-order valence-corrected chi connectivity index (χ2v) is 11.1. The Morgan fingerprint density at radius 3 is 2.57 bits per heavy atom. The molecule has 3 aromatic heterocycles. The third-order valence-corrected chi connectivity index (χ3v) is 7.90. The highest BCUT2D eigenvalue weighted by atomic mass is 35.5. The molecule has 0 bridgehead atoms. The van der Waals surface area contributed by atoms with Crippen LogP contribution in [-0.2, 0) is 6.54 Å². The molecule has 4 N–H and O–H groups in total. The summed E-state index contributed by atoms with van der Waals surface area (Å²) in [4.78, 5) is 30.3. The van der Waals surface area contributed by atoms with Crippen LogP contribution in [0, 0.1) is 11.8 Å². The molecule has 0 aliphatic heterocycles. The summed E-state index contributed by atoms with van der Waals surface area (Å²) in [6, 6.07) is 28.8. The van der Waals surface area contributed by atoms with Crippen LogP contribution in [0.5, 0.6) is 11.5 Å². The summed E-state index contributed by atoms with van der Waals surface area (Å²) in [5.41, 5.74) is 9.64. The van der Waals surface area contributed by atoms with E-state index in [0.717, 1.165) is 11.1 Å². The number of ether oxygens (including phenoxy) is 1. The van der Waals surface area contributed by atoms with Gasteiger partial charge < -0.3 is 20.6 Å². The Morgan fingerprint density at radius 2 is 1.77 bits per heavy atom. The number of anilines is 1. The minimum atomic E-state index is -0.494. The van der Waals surface area contributed by atoms with Crippen LogP contribution in [0.3, 0.4) is 0 Å². The Hall–Kier alpha value is -6.18. The molecule has 47 heavy (non-hydrogen) atoms. The number of phenolic OH excluding ortho intramolecular Hbond substituents is 1. The van der Waals surface area contributed by atoms with Crippen LogP contribution in [0.25, 0.3) is 33.2 Å². The molecule has 0 aliphatic carbocycles. The fraction of sp³-hybridized carbons (Fsp3) is 0.0833. The lowest BCUT2D eigenvalue weighted by Crippen LogP contribution is -2.20. The molecule has 0 radical (unpaired) electrons. The quantitative estimate of drug-likeness (QED) is 0.182. The van der Waals surface area contributed by atoms with Crippen LogP contribution in [0.4, 0.5) is 5.82 Å². The van der Waals surface area contributed by atoms with Crippen molar-refractivity contribution in [3.63, 3.8) is 0 Å². The van der Waals surface area contributed by atoms with Gasteiger partial charge in [0.1, 0.15) is 41.8 Å². The molecule has 0 aliphatic rings. The van der Waals surface area contributed by atoms with Crippen molar-refractivity contribution in [1.29, 1.82) is 0 Å². The van der Waals surface area contributed by atoms with Gasteiger partial charge in [-0.05, 0) is 66.2 Å². The predicted molar refractivity (Wildman–Crippen MR) is 181 cm³/mol. The number of nitrogens with zero attached hydrogens (tertiary/aromatic N) is 5. The number of hydrogen-bond acceptors (Lipinski definition) is 8. The molecule has 1 unspecified atom stereocenters. The summed E-state index contributed by atoms with van der Waals surface area (Å²) >= 11 is 6.44. The molecule has 11 heteroatoms. The van der Waals surface area contributed by atoms with Gasteiger partial charge in [0.15, 0.2) is 5.65 Å². The van der Waals surface area contributed by atoms with E-state index in [1.165, 1.54) is 6.33 Å². The first-order valence-corrected chi connectivity index (χ1v) is 15.0. The minimum Gasteiger partial charge on any atom is -0.508 e. The highest BCUT2D eigenvalue weighted by molar-refractivity contribution is 6.30. The maximum absolute atomic E-state index is 13.7. The molecule has 0 saturated carbocycles. The monoisotopic (exact) mass is 639 g/mol. The number of aromatic amines is 1. The van der Waals surface area contributed by atoms with Crippen molar-refractivity contribution in [2.24, 2.45) is 0 Å². The first kappa shape index (κ1) is 29.5. The largest absolute Gasteiger partial charge is 0.508 e. The smallest absolute Gasteiger partial charge is 0.260 e. The summed E-state index contributed by atoms with van der Waals surface area (Å²) in [6.07, 6.45) is 1.38. The third-order valence-electron chi connectivity index (χ3n) is 7.67. The summed E-state index contributed by atoms with van der Waals surface area (Å²) in [5.74, 6) is 7.09. The number of benzene rings is 4. The molecule has 4 aromatic carbocycles. The highest BCUT2D eigenvalue weighted by Gasteiger charge is 2.24. The van der Waals surface area contributed by atoms with Gasteiger partial charge in [-0.15, -0.1) is 0 Å². The molecular formula is C36H26ClN7O3. The van der Waals surface area contributed by atoms with Gasteiger partial charge in [-0.25, -0.2) is 19.6 Å². The minimum absolute atomic E-state index is 0.128. The second-order valence-electron chi connectivity index (χ2n) is 10.7. The number of phenols is 1. The molecule has 7 rings (SSSR count). The Labute approximate surface area is 273 Å². The number of hydrogen-bond donors (Lipinski definition) is 3.